The molecule has 1 aromatic heterocycles. The molecule has 1 rings (SSSR count). The molecular formula is C11H18N4O2. The van der Waals surface area contributed by atoms with Gasteiger partial charge in [-0.1, -0.05) is 6.92 Å². The maximum atomic E-state index is 12.2. The van der Waals surface area contributed by atoms with Gasteiger partial charge < -0.3 is 15.4 Å². The normalized spacial score (nSPS) is 10.1. The van der Waals surface area contributed by atoms with Crippen molar-refractivity contribution in [3.63, 3.8) is 0 Å². The van der Waals surface area contributed by atoms with Crippen molar-refractivity contribution in [2.45, 2.75) is 13.3 Å². The quantitative estimate of drug-likeness (QED) is 0.487. The van der Waals surface area contributed by atoms with Crippen LogP contribution >= 0.6 is 0 Å². The summed E-state index contributed by atoms with van der Waals surface area (Å²) in [6.45, 7) is 2.85. The minimum atomic E-state index is -0.156. The third-order valence-electron chi connectivity index (χ3n) is 2.36. The first-order chi connectivity index (χ1) is 8.24. The van der Waals surface area contributed by atoms with Gasteiger partial charge in [-0.25, -0.2) is 0 Å². The number of hydrogen-bond donors (Lipinski definition) is 3. The van der Waals surface area contributed by atoms with Gasteiger partial charge in [0, 0.05) is 19.3 Å². The molecule has 0 radical (unpaired) electrons. The molecule has 0 saturated carbocycles. The van der Waals surface area contributed by atoms with E-state index in [0.717, 1.165) is 6.42 Å². The lowest BCUT2D eigenvalue weighted by Gasteiger charge is -2.22. The monoisotopic (exact) mass is 238 g/mol. The molecule has 1 heterocycles. The molecule has 0 unspecified atom stereocenters. The van der Waals surface area contributed by atoms with E-state index < -0.39 is 0 Å². The van der Waals surface area contributed by atoms with E-state index in [9.17, 15) is 4.79 Å². The maximum Gasteiger partial charge on any atom is 0.256 e. The lowest BCUT2D eigenvalue weighted by molar-refractivity contribution is 0.0723. The van der Waals surface area contributed by atoms with Gasteiger partial charge in [0.15, 0.2) is 0 Å². The van der Waals surface area contributed by atoms with Crippen molar-refractivity contribution in [3.05, 3.63) is 24.0 Å². The van der Waals surface area contributed by atoms with Crippen LogP contribution in [0.1, 0.15) is 23.7 Å². The Morgan fingerprint density at radius 3 is 2.94 bits per heavy atom. The smallest absolute Gasteiger partial charge is 0.256 e. The van der Waals surface area contributed by atoms with Crippen molar-refractivity contribution < 1.29 is 9.90 Å². The number of rotatable bonds is 6. The van der Waals surface area contributed by atoms with Crippen molar-refractivity contribution in [3.8, 4) is 0 Å². The standard InChI is InChI=1S/C11H18N4O2/c1-2-5-15(6-7-16)11(17)9-3-4-13-8-10(9)14-12/h3-4,8,14,16H,2,5-7,12H2,1H3. The number of aliphatic hydroxyl groups is 1. The van der Waals surface area contributed by atoms with E-state index >= 15 is 0 Å². The molecule has 0 aliphatic rings. The second-order valence-corrected chi connectivity index (χ2v) is 3.58. The molecule has 0 aliphatic carbocycles. The van der Waals surface area contributed by atoms with E-state index in [-0.39, 0.29) is 12.5 Å². The lowest BCUT2D eigenvalue weighted by atomic mass is 10.2. The number of carbonyl (C=O) groups is 1. The number of carbonyl (C=O) groups excluding carboxylic acids is 1. The van der Waals surface area contributed by atoms with Crippen LogP contribution in [0.4, 0.5) is 5.69 Å². The molecule has 0 saturated heterocycles. The van der Waals surface area contributed by atoms with Crippen LogP contribution in [0.15, 0.2) is 18.5 Å². The first kappa shape index (κ1) is 13.4. The van der Waals surface area contributed by atoms with Gasteiger partial charge in [-0.3, -0.25) is 15.6 Å². The van der Waals surface area contributed by atoms with Crippen LogP contribution in [0.3, 0.4) is 0 Å². The van der Waals surface area contributed by atoms with Gasteiger partial charge in [0.05, 0.1) is 24.1 Å². The average Bonchev–Trinajstić information content (AvgIpc) is 2.37. The Bertz CT molecular complexity index is 364. The third kappa shape index (κ3) is 3.40. The van der Waals surface area contributed by atoms with Gasteiger partial charge in [0.1, 0.15) is 0 Å². The van der Waals surface area contributed by atoms with Crippen LogP contribution in [0.2, 0.25) is 0 Å². The van der Waals surface area contributed by atoms with E-state index in [1.54, 1.807) is 11.0 Å². The fourth-order valence-corrected chi connectivity index (χ4v) is 1.57. The molecule has 0 aliphatic heterocycles. The summed E-state index contributed by atoms with van der Waals surface area (Å²) < 4.78 is 0. The van der Waals surface area contributed by atoms with Crippen LogP contribution < -0.4 is 11.3 Å². The number of pyridine rings is 1. The Balaban J connectivity index is 2.92. The summed E-state index contributed by atoms with van der Waals surface area (Å²) in [5, 5.41) is 8.94. The number of amides is 1. The van der Waals surface area contributed by atoms with Gasteiger partial charge in [-0.2, -0.15) is 0 Å². The number of nitrogens with one attached hydrogen (secondary N) is 1. The number of aromatic nitrogens is 1. The van der Waals surface area contributed by atoms with Crippen molar-refractivity contribution in [2.24, 2.45) is 5.84 Å². The third-order valence-corrected chi connectivity index (χ3v) is 2.36. The summed E-state index contributed by atoms with van der Waals surface area (Å²) in [6, 6.07) is 1.61. The summed E-state index contributed by atoms with van der Waals surface area (Å²) in [5.74, 6) is 5.17. The number of nitrogen functional groups attached to an aromatic ring is 1. The second kappa shape index (κ2) is 6.82. The van der Waals surface area contributed by atoms with Crippen LogP contribution in [0.25, 0.3) is 0 Å². The Hall–Kier alpha value is -1.66. The predicted octanol–water partition coefficient (Wildman–Crippen LogP) is 0.212. The zero-order valence-corrected chi connectivity index (χ0v) is 9.89. The molecule has 94 valence electrons. The number of nitrogens with zero attached hydrogens (tertiary/aromatic N) is 2. The van der Waals surface area contributed by atoms with Gasteiger partial charge in [-0.15, -0.1) is 0 Å². The van der Waals surface area contributed by atoms with Crippen molar-refractivity contribution in [1.29, 1.82) is 0 Å². The molecule has 0 aromatic carbocycles. The molecule has 0 spiro atoms. The summed E-state index contributed by atoms with van der Waals surface area (Å²) in [7, 11) is 0. The van der Waals surface area contributed by atoms with Crippen LogP contribution in [-0.2, 0) is 0 Å². The highest BCUT2D eigenvalue weighted by Gasteiger charge is 2.17. The Morgan fingerprint density at radius 2 is 2.35 bits per heavy atom. The van der Waals surface area contributed by atoms with Crippen molar-refractivity contribution in [1.82, 2.24) is 9.88 Å². The highest BCUT2D eigenvalue weighted by molar-refractivity contribution is 5.99. The van der Waals surface area contributed by atoms with Crippen LogP contribution in [0, 0.1) is 0 Å². The number of anilines is 1. The molecule has 0 atom stereocenters. The number of aliphatic hydroxyl groups excluding tert-OH is 1. The molecule has 0 fully saturated rings. The first-order valence-corrected chi connectivity index (χ1v) is 5.55. The molecule has 6 nitrogen and oxygen atoms in total. The number of hydrazine groups is 1. The van der Waals surface area contributed by atoms with Gasteiger partial charge >= 0.3 is 0 Å². The first-order valence-electron chi connectivity index (χ1n) is 5.55. The molecule has 1 aromatic rings. The minimum Gasteiger partial charge on any atom is -0.395 e. The average molecular weight is 238 g/mol. The van der Waals surface area contributed by atoms with Gasteiger partial charge in [-0.05, 0) is 12.5 Å². The van der Waals surface area contributed by atoms with Crippen molar-refractivity contribution >= 4 is 11.6 Å². The maximum absolute atomic E-state index is 12.2. The number of hydrogen-bond acceptors (Lipinski definition) is 5. The summed E-state index contributed by atoms with van der Waals surface area (Å²) in [4.78, 5) is 17.7. The lowest BCUT2D eigenvalue weighted by Crippen LogP contribution is -2.35. The molecule has 0 bridgehead atoms. The predicted molar refractivity (Wildman–Crippen MR) is 65.3 cm³/mol. The topological polar surface area (TPSA) is 91.5 Å². The van der Waals surface area contributed by atoms with Gasteiger partial charge in [0.2, 0.25) is 0 Å². The number of nitrogens with two attached hydrogens (primary N) is 1. The fraction of sp³-hybridized carbons (Fsp3) is 0.455. The molecular weight excluding hydrogens is 220 g/mol. The van der Waals surface area contributed by atoms with Crippen LogP contribution in [-0.4, -0.2) is 40.6 Å². The molecule has 17 heavy (non-hydrogen) atoms. The Kier molecular flexibility index (Phi) is 5.38. The summed E-state index contributed by atoms with van der Waals surface area (Å²) in [5.41, 5.74) is 3.39. The van der Waals surface area contributed by atoms with E-state index in [4.69, 9.17) is 10.9 Å². The van der Waals surface area contributed by atoms with E-state index in [0.29, 0.717) is 24.3 Å². The summed E-state index contributed by atoms with van der Waals surface area (Å²) >= 11 is 0. The zero-order chi connectivity index (χ0) is 12.7. The van der Waals surface area contributed by atoms with E-state index in [1.165, 1.54) is 12.4 Å². The van der Waals surface area contributed by atoms with Gasteiger partial charge in [0.25, 0.3) is 5.91 Å². The highest BCUT2D eigenvalue weighted by atomic mass is 16.3. The second-order valence-electron chi connectivity index (χ2n) is 3.58. The summed E-state index contributed by atoms with van der Waals surface area (Å²) in [6.07, 6.45) is 3.87. The largest absolute Gasteiger partial charge is 0.395 e. The fourth-order valence-electron chi connectivity index (χ4n) is 1.57. The highest BCUT2D eigenvalue weighted by Crippen LogP contribution is 2.14. The van der Waals surface area contributed by atoms with E-state index in [2.05, 4.69) is 10.4 Å². The van der Waals surface area contributed by atoms with E-state index in [1.807, 2.05) is 6.92 Å². The molecule has 4 N–H and O–H groups in total. The molecule has 6 heteroatoms. The SMILES string of the molecule is CCCN(CCO)C(=O)c1ccncc1NN. The molecule has 1 amide bonds. The minimum absolute atomic E-state index is 0.0534. The Labute approximate surface area is 100 Å². The zero-order valence-electron chi connectivity index (χ0n) is 9.89. The Morgan fingerprint density at radius 1 is 1.59 bits per heavy atom. The van der Waals surface area contributed by atoms with Crippen molar-refractivity contribution in [2.75, 3.05) is 25.1 Å². The van der Waals surface area contributed by atoms with Crippen LogP contribution in [0.5, 0.6) is 0 Å².